The minimum absolute atomic E-state index is 0.0236. The number of amides is 3. The van der Waals surface area contributed by atoms with Crippen LogP contribution in [-0.2, 0) is 14.3 Å². The van der Waals surface area contributed by atoms with E-state index in [1.807, 2.05) is 32.0 Å². The fourth-order valence-corrected chi connectivity index (χ4v) is 3.62. The molecule has 2 aliphatic rings. The highest BCUT2D eigenvalue weighted by atomic mass is 16.6. The number of likely N-dealkylation sites (tertiary alicyclic amines) is 1. The summed E-state index contributed by atoms with van der Waals surface area (Å²) < 4.78 is 5.01. The zero-order valence-electron chi connectivity index (χ0n) is 16.8. The molecule has 0 aromatic heterocycles. The molecule has 0 bridgehead atoms. The number of nitrogens with one attached hydrogen (secondary N) is 2. The van der Waals surface area contributed by atoms with Crippen molar-refractivity contribution in [3.63, 3.8) is 0 Å². The molecule has 1 aliphatic heterocycles. The van der Waals surface area contributed by atoms with Gasteiger partial charge in [0, 0.05) is 24.8 Å². The van der Waals surface area contributed by atoms with Gasteiger partial charge in [-0.1, -0.05) is 17.7 Å². The van der Waals surface area contributed by atoms with Crippen LogP contribution in [0.5, 0.6) is 0 Å². The molecule has 0 spiro atoms. The maximum absolute atomic E-state index is 12.8. The van der Waals surface area contributed by atoms with Crippen molar-refractivity contribution < 1.29 is 19.1 Å². The lowest BCUT2D eigenvalue weighted by Gasteiger charge is -2.32. The number of ether oxygens (including phenoxy) is 1. The van der Waals surface area contributed by atoms with Gasteiger partial charge in [-0.15, -0.1) is 0 Å². The van der Waals surface area contributed by atoms with Crippen molar-refractivity contribution in [2.24, 2.45) is 5.41 Å². The van der Waals surface area contributed by atoms with Crippen molar-refractivity contribution in [3.8, 4) is 0 Å². The van der Waals surface area contributed by atoms with E-state index < -0.39 is 5.41 Å². The third-order valence-corrected chi connectivity index (χ3v) is 5.61. The van der Waals surface area contributed by atoms with Gasteiger partial charge in [0.15, 0.2) is 0 Å². The summed E-state index contributed by atoms with van der Waals surface area (Å²) in [6.07, 6.45) is 2.16. The summed E-state index contributed by atoms with van der Waals surface area (Å²) in [5.74, 6) is -0.440. The molecule has 0 radical (unpaired) electrons. The molecule has 28 heavy (non-hydrogen) atoms. The average molecular weight is 387 g/mol. The topological polar surface area (TPSA) is 87.7 Å². The molecule has 7 nitrogen and oxygen atoms in total. The van der Waals surface area contributed by atoms with E-state index in [0.29, 0.717) is 45.4 Å². The van der Waals surface area contributed by atoms with Gasteiger partial charge in [-0.3, -0.25) is 9.59 Å². The Labute approximate surface area is 165 Å². The third kappa shape index (κ3) is 4.29. The third-order valence-electron chi connectivity index (χ3n) is 5.61. The number of carbonyl (C=O) groups excluding carboxylic acids is 3. The van der Waals surface area contributed by atoms with Crippen molar-refractivity contribution in [2.45, 2.75) is 52.5 Å². The van der Waals surface area contributed by atoms with Crippen LogP contribution in [0.25, 0.3) is 0 Å². The zero-order chi connectivity index (χ0) is 20.3. The first-order valence-electron chi connectivity index (χ1n) is 9.97. The lowest BCUT2D eigenvalue weighted by molar-refractivity contribution is -0.135. The molecule has 7 heteroatoms. The predicted molar refractivity (Wildman–Crippen MR) is 106 cm³/mol. The van der Waals surface area contributed by atoms with Crippen LogP contribution >= 0.6 is 0 Å². The number of carbonyl (C=O) groups is 3. The Kier molecular flexibility index (Phi) is 5.91. The lowest BCUT2D eigenvalue weighted by Crippen LogP contribution is -2.50. The molecule has 1 aliphatic carbocycles. The van der Waals surface area contributed by atoms with E-state index in [4.69, 9.17) is 4.74 Å². The molecule has 1 aromatic carbocycles. The average Bonchev–Trinajstić information content (AvgIpc) is 3.47. The Morgan fingerprint density at radius 3 is 2.39 bits per heavy atom. The molecule has 1 aromatic rings. The highest BCUT2D eigenvalue weighted by Gasteiger charge is 2.56. The fourth-order valence-electron chi connectivity index (χ4n) is 3.62. The monoisotopic (exact) mass is 387 g/mol. The molecular weight excluding hydrogens is 358 g/mol. The van der Waals surface area contributed by atoms with E-state index in [0.717, 1.165) is 16.8 Å². The van der Waals surface area contributed by atoms with Crippen LogP contribution in [0.15, 0.2) is 18.2 Å². The van der Waals surface area contributed by atoms with Gasteiger partial charge >= 0.3 is 6.09 Å². The first kappa shape index (κ1) is 20.2. The fraction of sp³-hybridized carbons (Fsp3) is 0.571. The number of piperidine rings is 1. The van der Waals surface area contributed by atoms with Crippen LogP contribution < -0.4 is 10.6 Å². The zero-order valence-corrected chi connectivity index (χ0v) is 16.8. The van der Waals surface area contributed by atoms with Crippen LogP contribution in [0.2, 0.25) is 0 Å². The number of aryl methyl sites for hydroxylation is 2. The normalized spacial score (nSPS) is 18.3. The minimum atomic E-state index is -0.963. The maximum Gasteiger partial charge on any atom is 0.409 e. The molecule has 1 heterocycles. The van der Waals surface area contributed by atoms with Crippen molar-refractivity contribution in [1.29, 1.82) is 0 Å². The predicted octanol–water partition coefficient (Wildman–Crippen LogP) is 2.76. The van der Waals surface area contributed by atoms with E-state index in [9.17, 15) is 14.4 Å². The summed E-state index contributed by atoms with van der Waals surface area (Å²) in [5, 5.41) is 5.95. The first-order valence-corrected chi connectivity index (χ1v) is 9.97. The molecule has 3 rings (SSSR count). The number of hydrogen-bond acceptors (Lipinski definition) is 4. The van der Waals surface area contributed by atoms with Crippen LogP contribution in [0, 0.1) is 19.3 Å². The smallest absolute Gasteiger partial charge is 0.409 e. The van der Waals surface area contributed by atoms with Gasteiger partial charge in [0.25, 0.3) is 0 Å². The quantitative estimate of drug-likeness (QED) is 0.761. The number of nitrogens with zero attached hydrogens (tertiary/aromatic N) is 1. The SMILES string of the molecule is CCOC(=O)N1CCC(NC(=O)C2(C(=O)Nc3ccc(C)cc3C)CC2)CC1. The molecule has 1 saturated heterocycles. The Morgan fingerprint density at radius 1 is 1.14 bits per heavy atom. The Hall–Kier alpha value is -2.57. The summed E-state index contributed by atoms with van der Waals surface area (Å²) in [5.41, 5.74) is 1.90. The summed E-state index contributed by atoms with van der Waals surface area (Å²) in [6.45, 7) is 7.18. The molecule has 2 N–H and O–H groups in total. The van der Waals surface area contributed by atoms with E-state index in [1.54, 1.807) is 11.8 Å². The van der Waals surface area contributed by atoms with Crippen molar-refractivity contribution in [3.05, 3.63) is 29.3 Å². The van der Waals surface area contributed by atoms with E-state index in [-0.39, 0.29) is 23.9 Å². The van der Waals surface area contributed by atoms with E-state index >= 15 is 0 Å². The van der Waals surface area contributed by atoms with Gasteiger partial charge in [-0.2, -0.15) is 0 Å². The summed E-state index contributed by atoms with van der Waals surface area (Å²) in [7, 11) is 0. The van der Waals surface area contributed by atoms with Crippen LogP contribution in [0.3, 0.4) is 0 Å². The molecular formula is C21H29N3O4. The van der Waals surface area contributed by atoms with Gasteiger partial charge in [0.05, 0.1) is 6.61 Å². The number of hydrogen-bond donors (Lipinski definition) is 2. The standard InChI is InChI=1S/C21H29N3O4/c1-4-28-20(27)24-11-7-16(8-12-24)22-18(25)21(9-10-21)19(26)23-17-6-5-14(2)13-15(17)3/h5-6,13,16H,4,7-12H2,1-3H3,(H,22,25)(H,23,26). The van der Waals surface area contributed by atoms with Gasteiger partial charge in [-0.05, 0) is 58.1 Å². The van der Waals surface area contributed by atoms with Crippen LogP contribution in [0.1, 0.15) is 43.7 Å². The first-order chi connectivity index (χ1) is 13.4. The van der Waals surface area contributed by atoms with Gasteiger partial charge in [-0.25, -0.2) is 4.79 Å². The van der Waals surface area contributed by atoms with Crippen LogP contribution in [0.4, 0.5) is 10.5 Å². The molecule has 1 saturated carbocycles. The molecule has 2 fully saturated rings. The highest BCUT2D eigenvalue weighted by molar-refractivity contribution is 6.13. The summed E-state index contributed by atoms with van der Waals surface area (Å²) in [4.78, 5) is 39.0. The Balaban J connectivity index is 1.54. The highest BCUT2D eigenvalue weighted by Crippen LogP contribution is 2.47. The molecule has 152 valence electrons. The number of benzene rings is 1. The maximum atomic E-state index is 12.8. The second-order valence-electron chi connectivity index (χ2n) is 7.79. The number of rotatable bonds is 5. The van der Waals surface area contributed by atoms with Crippen molar-refractivity contribution in [1.82, 2.24) is 10.2 Å². The summed E-state index contributed by atoms with van der Waals surface area (Å²) in [6, 6.07) is 5.80. The van der Waals surface area contributed by atoms with Crippen LogP contribution in [-0.4, -0.2) is 48.5 Å². The Morgan fingerprint density at radius 2 is 1.82 bits per heavy atom. The lowest BCUT2D eigenvalue weighted by atomic mass is 10.0. The van der Waals surface area contributed by atoms with Crippen molar-refractivity contribution in [2.75, 3.05) is 25.0 Å². The number of anilines is 1. The Bertz CT molecular complexity index is 765. The van der Waals surface area contributed by atoms with E-state index in [1.165, 1.54) is 0 Å². The molecule has 0 unspecified atom stereocenters. The summed E-state index contributed by atoms with van der Waals surface area (Å²) >= 11 is 0. The molecule has 0 atom stereocenters. The van der Waals surface area contributed by atoms with Gasteiger partial charge < -0.3 is 20.3 Å². The largest absolute Gasteiger partial charge is 0.450 e. The second kappa shape index (κ2) is 8.20. The molecule has 3 amide bonds. The van der Waals surface area contributed by atoms with Gasteiger partial charge in [0.2, 0.25) is 11.8 Å². The van der Waals surface area contributed by atoms with Gasteiger partial charge in [0.1, 0.15) is 5.41 Å². The van der Waals surface area contributed by atoms with Crippen molar-refractivity contribution >= 4 is 23.6 Å². The minimum Gasteiger partial charge on any atom is -0.450 e. The second-order valence-corrected chi connectivity index (χ2v) is 7.79. The van der Waals surface area contributed by atoms with E-state index in [2.05, 4.69) is 10.6 Å².